The van der Waals surface area contributed by atoms with E-state index < -0.39 is 0 Å². The molecule has 0 aliphatic heterocycles. The Labute approximate surface area is 42.7 Å². The fourth-order valence-corrected chi connectivity index (χ4v) is 0.455. The second-order valence-corrected chi connectivity index (χ2v) is 1.46. The Bertz CT molecular complexity index is 36.8. The first-order chi connectivity index (χ1) is 2.91. The van der Waals surface area contributed by atoms with Crippen molar-refractivity contribution in [2.24, 2.45) is 5.14 Å². The fraction of sp³-hybridized carbons (Fsp3) is 0.500. The van der Waals surface area contributed by atoms with Crippen LogP contribution in [-0.2, 0) is 0 Å². The van der Waals surface area contributed by atoms with Crippen molar-refractivity contribution in [1.82, 2.24) is 0 Å². The van der Waals surface area contributed by atoms with Crippen LogP contribution >= 0.6 is 11.9 Å². The third-order valence-corrected chi connectivity index (χ3v) is 0.760. The molecule has 0 radical (unpaired) electrons. The van der Waals surface area contributed by atoms with Crippen molar-refractivity contribution in [3.8, 4) is 0 Å². The summed E-state index contributed by atoms with van der Waals surface area (Å²) in [5.41, 5.74) is 0. The zero-order valence-electron chi connectivity index (χ0n) is 3.85. The van der Waals surface area contributed by atoms with Crippen LogP contribution in [0.4, 0.5) is 0 Å². The van der Waals surface area contributed by atoms with E-state index in [1.807, 2.05) is 11.5 Å². The lowest BCUT2D eigenvalue weighted by Gasteiger charge is -1.72. The number of hydrogen-bond acceptors (Lipinski definition) is 2. The smallest absolute Gasteiger partial charge is 0.0178 e. The first-order valence-corrected chi connectivity index (χ1v) is 2.86. The number of rotatable bonds is 2. The van der Waals surface area contributed by atoms with Gasteiger partial charge in [0.25, 0.3) is 0 Å². The van der Waals surface area contributed by atoms with E-state index in [9.17, 15) is 0 Å². The largest absolute Gasteiger partial charge is 0.274 e. The molecule has 0 saturated carbocycles. The lowest BCUT2D eigenvalue weighted by molar-refractivity contribution is 1.23. The zero-order valence-corrected chi connectivity index (χ0v) is 4.66. The van der Waals surface area contributed by atoms with Gasteiger partial charge in [0.1, 0.15) is 0 Å². The molecule has 0 heterocycles. The maximum atomic E-state index is 5.04. The van der Waals surface area contributed by atoms with Gasteiger partial charge in [0.15, 0.2) is 0 Å². The molecule has 0 aliphatic carbocycles. The van der Waals surface area contributed by atoms with Crippen LogP contribution in [0.3, 0.4) is 0 Å². The molecule has 0 amide bonds. The van der Waals surface area contributed by atoms with Crippen LogP contribution in [0.5, 0.6) is 0 Å². The molecule has 0 saturated heterocycles. The molecule has 6 heavy (non-hydrogen) atoms. The van der Waals surface area contributed by atoms with Gasteiger partial charge in [-0.3, -0.25) is 5.14 Å². The van der Waals surface area contributed by atoms with Crippen molar-refractivity contribution in [3.05, 3.63) is 11.5 Å². The van der Waals surface area contributed by atoms with E-state index in [0.29, 0.717) is 0 Å². The van der Waals surface area contributed by atoms with Crippen LogP contribution < -0.4 is 5.14 Å². The Hall–Kier alpha value is 0.0500. The second-order valence-electron chi connectivity index (χ2n) is 0.916. The summed E-state index contributed by atoms with van der Waals surface area (Å²) in [4.78, 5) is 0. The van der Waals surface area contributed by atoms with Gasteiger partial charge >= 0.3 is 0 Å². The van der Waals surface area contributed by atoms with Crippen LogP contribution in [0, 0.1) is 0 Å². The third kappa shape index (κ3) is 4.05. The summed E-state index contributed by atoms with van der Waals surface area (Å²) in [5.74, 6) is 0. The highest BCUT2D eigenvalue weighted by atomic mass is 32.2. The molecule has 2 heteroatoms. The van der Waals surface area contributed by atoms with Gasteiger partial charge in [0.2, 0.25) is 0 Å². The predicted octanol–water partition coefficient (Wildman–Crippen LogP) is 1.52. The van der Waals surface area contributed by atoms with E-state index in [0.717, 1.165) is 6.42 Å². The molecule has 0 spiro atoms. The second kappa shape index (κ2) is 5.05. The number of nitrogens with two attached hydrogens (primary N) is 1. The lowest BCUT2D eigenvalue weighted by atomic mass is 10.5. The van der Waals surface area contributed by atoms with Crippen molar-refractivity contribution >= 4 is 11.9 Å². The van der Waals surface area contributed by atoms with Gasteiger partial charge in [0, 0.05) is 0 Å². The number of hydrogen-bond donors (Lipinski definition) is 1. The molecular weight excluding hydrogens is 94.1 g/mol. The van der Waals surface area contributed by atoms with Crippen LogP contribution in [-0.4, -0.2) is 0 Å². The molecule has 1 nitrogen and oxygen atoms in total. The SMILES string of the molecule is CC/C=C\SN. The van der Waals surface area contributed by atoms with E-state index in [2.05, 4.69) is 6.92 Å². The van der Waals surface area contributed by atoms with Gasteiger partial charge in [-0.05, 0) is 11.8 Å². The monoisotopic (exact) mass is 103 g/mol. The van der Waals surface area contributed by atoms with Crippen molar-refractivity contribution in [2.75, 3.05) is 0 Å². The Morgan fingerprint density at radius 3 is 2.67 bits per heavy atom. The first-order valence-electron chi connectivity index (χ1n) is 1.92. The van der Waals surface area contributed by atoms with Crippen molar-refractivity contribution < 1.29 is 0 Å². The maximum Gasteiger partial charge on any atom is -0.0178 e. The fourth-order valence-electron chi connectivity index (χ4n) is 0.152. The van der Waals surface area contributed by atoms with E-state index in [4.69, 9.17) is 5.14 Å². The summed E-state index contributed by atoms with van der Waals surface area (Å²) in [6, 6.07) is 0. The molecule has 36 valence electrons. The Morgan fingerprint density at radius 2 is 2.50 bits per heavy atom. The van der Waals surface area contributed by atoms with Gasteiger partial charge in [-0.2, -0.15) is 0 Å². The normalized spacial score (nSPS) is 10.3. The topological polar surface area (TPSA) is 26.0 Å². The van der Waals surface area contributed by atoms with E-state index in [-0.39, 0.29) is 0 Å². The average Bonchev–Trinajstić information content (AvgIpc) is 1.61. The molecule has 0 atom stereocenters. The highest BCUT2D eigenvalue weighted by Gasteiger charge is 1.60. The molecule has 0 fully saturated rings. The van der Waals surface area contributed by atoms with Gasteiger partial charge in [0.05, 0.1) is 0 Å². The quantitative estimate of drug-likeness (QED) is 0.536. The van der Waals surface area contributed by atoms with Crippen molar-refractivity contribution in [1.29, 1.82) is 0 Å². The van der Waals surface area contributed by atoms with Crippen LogP contribution in [0.25, 0.3) is 0 Å². The number of allylic oxidation sites excluding steroid dienone is 1. The van der Waals surface area contributed by atoms with E-state index >= 15 is 0 Å². The minimum absolute atomic E-state index is 1.07. The lowest BCUT2D eigenvalue weighted by Crippen LogP contribution is -1.66. The molecule has 0 aliphatic rings. The predicted molar refractivity (Wildman–Crippen MR) is 31.2 cm³/mol. The Morgan fingerprint density at radius 1 is 1.83 bits per heavy atom. The molecular formula is C4H9NS. The van der Waals surface area contributed by atoms with Crippen molar-refractivity contribution in [2.45, 2.75) is 13.3 Å². The summed E-state index contributed by atoms with van der Waals surface area (Å²) in [7, 11) is 0. The first kappa shape index (κ1) is 6.05. The van der Waals surface area contributed by atoms with Gasteiger partial charge in [-0.25, -0.2) is 0 Å². The standard InChI is InChI=1S/C4H9NS/c1-2-3-4-6-5/h3-4H,2,5H2,1H3/b4-3-. The summed E-state index contributed by atoms with van der Waals surface area (Å²) >= 11 is 1.25. The third-order valence-electron chi connectivity index (χ3n) is 0.410. The van der Waals surface area contributed by atoms with Crippen LogP contribution in [0.1, 0.15) is 13.3 Å². The molecule has 0 rings (SSSR count). The highest BCUT2D eigenvalue weighted by molar-refractivity contribution is 7.99. The summed E-state index contributed by atoms with van der Waals surface area (Å²) in [6.45, 7) is 2.08. The molecule has 2 N–H and O–H groups in total. The van der Waals surface area contributed by atoms with Gasteiger partial charge in [-0.1, -0.05) is 24.9 Å². The maximum absolute atomic E-state index is 5.04. The zero-order chi connectivity index (χ0) is 4.83. The van der Waals surface area contributed by atoms with Crippen LogP contribution in [0.2, 0.25) is 0 Å². The molecule has 0 unspecified atom stereocenters. The summed E-state index contributed by atoms with van der Waals surface area (Å²) < 4.78 is 0. The minimum atomic E-state index is 1.07. The Kier molecular flexibility index (Phi) is 5.09. The molecule has 0 aromatic carbocycles. The van der Waals surface area contributed by atoms with Gasteiger partial charge < -0.3 is 0 Å². The average molecular weight is 103 g/mol. The minimum Gasteiger partial charge on any atom is -0.274 e. The molecule has 0 aromatic heterocycles. The molecule has 0 bridgehead atoms. The van der Waals surface area contributed by atoms with Gasteiger partial charge in [-0.15, -0.1) is 0 Å². The molecule has 0 aromatic rings. The Balaban J connectivity index is 2.73. The van der Waals surface area contributed by atoms with E-state index in [1.165, 1.54) is 11.9 Å². The highest BCUT2D eigenvalue weighted by Crippen LogP contribution is 1.88. The van der Waals surface area contributed by atoms with E-state index in [1.54, 1.807) is 0 Å². The van der Waals surface area contributed by atoms with Crippen molar-refractivity contribution in [3.63, 3.8) is 0 Å². The summed E-state index contributed by atoms with van der Waals surface area (Å²) in [5, 5.41) is 6.92. The van der Waals surface area contributed by atoms with Crippen LogP contribution in [0.15, 0.2) is 11.5 Å². The summed E-state index contributed by atoms with van der Waals surface area (Å²) in [6.07, 6.45) is 3.09.